The molecule has 26 heavy (non-hydrogen) atoms. The predicted octanol–water partition coefficient (Wildman–Crippen LogP) is 2.20. The van der Waals surface area contributed by atoms with Gasteiger partial charge < -0.3 is 10.2 Å². The van der Waals surface area contributed by atoms with Gasteiger partial charge in [0, 0.05) is 52.5 Å². The molecule has 2 aromatic rings. The smallest absolute Gasteiger partial charge is 0.193 e. The second-order valence-electron chi connectivity index (χ2n) is 6.50. The number of nitrogens with one attached hydrogen (secondary N) is 1. The first kappa shape index (κ1) is 20.7. The first-order valence-corrected chi connectivity index (χ1v) is 8.95. The summed E-state index contributed by atoms with van der Waals surface area (Å²) in [6.45, 7) is 8.91. The van der Waals surface area contributed by atoms with Crippen molar-refractivity contribution in [3.05, 3.63) is 53.9 Å². The second kappa shape index (κ2) is 10.5. The molecule has 1 aromatic carbocycles. The van der Waals surface area contributed by atoms with Crippen molar-refractivity contribution in [2.24, 2.45) is 4.99 Å². The Morgan fingerprint density at radius 2 is 1.88 bits per heavy atom. The molecule has 0 aliphatic carbocycles. The van der Waals surface area contributed by atoms with E-state index in [2.05, 4.69) is 68.7 Å². The van der Waals surface area contributed by atoms with Gasteiger partial charge in [0.2, 0.25) is 0 Å². The summed E-state index contributed by atoms with van der Waals surface area (Å²) < 4.78 is 1.97. The van der Waals surface area contributed by atoms with Crippen LogP contribution in [0.25, 0.3) is 0 Å². The van der Waals surface area contributed by atoms with Crippen LogP contribution in [0.15, 0.2) is 47.7 Å². The number of benzene rings is 1. The Morgan fingerprint density at radius 1 is 1.15 bits per heavy atom. The summed E-state index contributed by atoms with van der Waals surface area (Å²) >= 11 is 0. The Hall–Kier alpha value is -1.61. The van der Waals surface area contributed by atoms with Crippen LogP contribution in [0.1, 0.15) is 11.1 Å². The lowest BCUT2D eigenvalue weighted by Gasteiger charge is -2.36. The van der Waals surface area contributed by atoms with Gasteiger partial charge in [-0.05, 0) is 18.1 Å². The monoisotopic (exact) mass is 468 g/mol. The number of aryl methyl sites for hydroxylation is 1. The summed E-state index contributed by atoms with van der Waals surface area (Å²) in [7, 11) is 1.86. The lowest BCUT2D eigenvalue weighted by atomic mass is 10.2. The van der Waals surface area contributed by atoms with Crippen molar-refractivity contribution >= 4 is 29.9 Å². The average molecular weight is 468 g/mol. The summed E-state index contributed by atoms with van der Waals surface area (Å²) in [5.74, 6) is 0.989. The van der Waals surface area contributed by atoms with Crippen LogP contribution in [-0.4, -0.2) is 65.3 Å². The SMILES string of the molecule is CN=C(NCCn1cc(C)cn1)N1CCN(Cc2ccccc2)CC1.I. The zero-order valence-corrected chi connectivity index (χ0v) is 18.0. The highest BCUT2D eigenvalue weighted by molar-refractivity contribution is 14.0. The van der Waals surface area contributed by atoms with Crippen LogP contribution in [0.2, 0.25) is 0 Å². The molecule has 1 aliphatic rings. The molecule has 0 amide bonds. The largest absolute Gasteiger partial charge is 0.354 e. The lowest BCUT2D eigenvalue weighted by Crippen LogP contribution is -2.52. The summed E-state index contributed by atoms with van der Waals surface area (Å²) in [6.07, 6.45) is 3.95. The number of aliphatic imine (C=N–C) groups is 1. The third-order valence-electron chi connectivity index (χ3n) is 4.52. The molecular formula is C19H29IN6. The van der Waals surface area contributed by atoms with E-state index in [0.717, 1.165) is 51.8 Å². The van der Waals surface area contributed by atoms with Crippen molar-refractivity contribution in [2.75, 3.05) is 39.8 Å². The topological polar surface area (TPSA) is 48.7 Å². The molecule has 3 rings (SSSR count). The number of guanidine groups is 1. The van der Waals surface area contributed by atoms with Crippen LogP contribution in [0, 0.1) is 6.92 Å². The number of hydrogen-bond acceptors (Lipinski definition) is 3. The summed E-state index contributed by atoms with van der Waals surface area (Å²) in [5, 5.41) is 7.78. The molecule has 0 spiro atoms. The number of aromatic nitrogens is 2. The number of hydrogen-bond donors (Lipinski definition) is 1. The van der Waals surface area contributed by atoms with Crippen LogP contribution >= 0.6 is 24.0 Å². The quantitative estimate of drug-likeness (QED) is 0.416. The number of nitrogens with zero attached hydrogens (tertiary/aromatic N) is 5. The molecule has 1 N–H and O–H groups in total. The van der Waals surface area contributed by atoms with Gasteiger partial charge in [-0.15, -0.1) is 24.0 Å². The Kier molecular flexibility index (Phi) is 8.37. The summed E-state index contributed by atoms with van der Waals surface area (Å²) in [5.41, 5.74) is 2.58. The van der Waals surface area contributed by atoms with E-state index >= 15 is 0 Å². The van der Waals surface area contributed by atoms with E-state index < -0.39 is 0 Å². The fourth-order valence-electron chi connectivity index (χ4n) is 3.16. The van der Waals surface area contributed by atoms with Crippen molar-refractivity contribution in [3.8, 4) is 0 Å². The van der Waals surface area contributed by atoms with Crippen molar-refractivity contribution in [1.82, 2.24) is 24.9 Å². The van der Waals surface area contributed by atoms with Gasteiger partial charge in [-0.3, -0.25) is 14.6 Å². The number of halogens is 1. The first-order valence-electron chi connectivity index (χ1n) is 8.95. The van der Waals surface area contributed by atoms with Gasteiger partial charge in [0.15, 0.2) is 5.96 Å². The predicted molar refractivity (Wildman–Crippen MR) is 117 cm³/mol. The van der Waals surface area contributed by atoms with Crippen LogP contribution in [0.5, 0.6) is 0 Å². The minimum atomic E-state index is 0. The minimum Gasteiger partial charge on any atom is -0.354 e. The summed E-state index contributed by atoms with van der Waals surface area (Å²) in [6, 6.07) is 10.7. The molecule has 1 fully saturated rings. The van der Waals surface area contributed by atoms with E-state index in [-0.39, 0.29) is 24.0 Å². The molecule has 0 bridgehead atoms. The van der Waals surface area contributed by atoms with E-state index in [4.69, 9.17) is 0 Å². The molecule has 142 valence electrons. The number of piperazine rings is 1. The minimum absolute atomic E-state index is 0. The Morgan fingerprint density at radius 3 is 2.50 bits per heavy atom. The van der Waals surface area contributed by atoms with Gasteiger partial charge in [-0.25, -0.2) is 0 Å². The van der Waals surface area contributed by atoms with Gasteiger partial charge in [0.25, 0.3) is 0 Å². The summed E-state index contributed by atoms with van der Waals surface area (Å²) in [4.78, 5) is 9.29. The maximum Gasteiger partial charge on any atom is 0.193 e. The molecule has 0 radical (unpaired) electrons. The first-order chi connectivity index (χ1) is 12.2. The molecule has 1 aliphatic heterocycles. The van der Waals surface area contributed by atoms with Gasteiger partial charge in [-0.1, -0.05) is 30.3 Å². The maximum absolute atomic E-state index is 4.44. The van der Waals surface area contributed by atoms with E-state index in [0.29, 0.717) is 0 Å². The van der Waals surface area contributed by atoms with Gasteiger partial charge in [0.05, 0.1) is 12.7 Å². The van der Waals surface area contributed by atoms with Gasteiger partial charge in [-0.2, -0.15) is 5.10 Å². The van der Waals surface area contributed by atoms with Gasteiger partial charge >= 0.3 is 0 Å². The van der Waals surface area contributed by atoms with Crippen molar-refractivity contribution in [1.29, 1.82) is 0 Å². The molecule has 0 saturated carbocycles. The van der Waals surface area contributed by atoms with E-state index in [1.165, 1.54) is 11.1 Å². The van der Waals surface area contributed by atoms with Crippen LogP contribution in [0.4, 0.5) is 0 Å². The molecule has 0 unspecified atom stereocenters. The Bertz CT molecular complexity index is 676. The van der Waals surface area contributed by atoms with E-state index in [1.54, 1.807) is 0 Å². The molecule has 1 saturated heterocycles. The lowest BCUT2D eigenvalue weighted by molar-refractivity contribution is 0.172. The van der Waals surface area contributed by atoms with Crippen LogP contribution < -0.4 is 5.32 Å². The molecule has 6 nitrogen and oxygen atoms in total. The maximum atomic E-state index is 4.44. The Balaban J connectivity index is 0.00000243. The molecule has 1 aromatic heterocycles. The molecule has 0 atom stereocenters. The van der Waals surface area contributed by atoms with Crippen LogP contribution in [0.3, 0.4) is 0 Å². The van der Waals surface area contributed by atoms with Crippen molar-refractivity contribution < 1.29 is 0 Å². The zero-order chi connectivity index (χ0) is 17.5. The van der Waals surface area contributed by atoms with E-state index in [9.17, 15) is 0 Å². The normalized spacial score (nSPS) is 15.6. The second-order valence-corrected chi connectivity index (χ2v) is 6.50. The number of rotatable bonds is 5. The molecule has 2 heterocycles. The fraction of sp³-hybridized carbons (Fsp3) is 0.474. The third-order valence-corrected chi connectivity index (χ3v) is 4.52. The Labute approximate surface area is 173 Å². The standard InChI is InChI=1S/C19H28N6.HI/c1-17-14-22-25(15-17)9-8-21-19(20-2)24-12-10-23(11-13-24)16-18-6-4-3-5-7-18;/h3-7,14-15H,8-13,16H2,1-2H3,(H,20,21);1H. The highest BCUT2D eigenvalue weighted by Crippen LogP contribution is 2.08. The van der Waals surface area contributed by atoms with Crippen molar-refractivity contribution in [2.45, 2.75) is 20.0 Å². The van der Waals surface area contributed by atoms with Crippen LogP contribution in [-0.2, 0) is 13.1 Å². The highest BCUT2D eigenvalue weighted by Gasteiger charge is 2.19. The van der Waals surface area contributed by atoms with E-state index in [1.807, 2.05) is 17.9 Å². The third kappa shape index (κ3) is 5.98. The average Bonchev–Trinajstić information content (AvgIpc) is 3.06. The van der Waals surface area contributed by atoms with Gasteiger partial charge in [0.1, 0.15) is 0 Å². The highest BCUT2D eigenvalue weighted by atomic mass is 127. The molecule has 7 heteroatoms. The zero-order valence-electron chi connectivity index (χ0n) is 15.6. The fourth-order valence-corrected chi connectivity index (χ4v) is 3.16. The molecular weight excluding hydrogens is 439 g/mol. The van der Waals surface area contributed by atoms with Crippen molar-refractivity contribution in [3.63, 3.8) is 0 Å².